The molecule has 0 radical (unpaired) electrons. The van der Waals surface area contributed by atoms with E-state index in [0.29, 0.717) is 16.1 Å². The minimum atomic E-state index is -0.154. The van der Waals surface area contributed by atoms with E-state index in [1.165, 1.54) is 9.56 Å². The molecule has 2 heterocycles. The van der Waals surface area contributed by atoms with Crippen LogP contribution < -0.4 is 5.56 Å². The topological polar surface area (TPSA) is 73.9 Å². The third kappa shape index (κ3) is 3.31. The molecule has 1 N–H and O–H groups in total. The fraction of sp³-hybridized carbons (Fsp3) is 0.250. The Balaban J connectivity index is 1.72. The molecule has 0 saturated carbocycles. The second kappa shape index (κ2) is 7.29. The average molecular weight is 441 g/mol. The molecule has 4 rings (SSSR count). The van der Waals surface area contributed by atoms with Gasteiger partial charge in [0.15, 0.2) is 0 Å². The Kier molecular flexibility index (Phi) is 4.85. The Hall–Kier alpha value is -2.43. The molecule has 5 nitrogen and oxygen atoms in total. The van der Waals surface area contributed by atoms with Crippen molar-refractivity contribution in [1.82, 2.24) is 9.78 Å². The van der Waals surface area contributed by atoms with Gasteiger partial charge in [-0.05, 0) is 62.4 Å². The molecule has 0 atom stereocenters. The van der Waals surface area contributed by atoms with E-state index in [1.807, 2.05) is 31.2 Å². The molecule has 3 aromatic rings. The quantitative estimate of drug-likeness (QED) is 0.593. The van der Waals surface area contributed by atoms with Crippen LogP contribution >= 0.6 is 27.3 Å². The first-order valence-corrected chi connectivity index (χ1v) is 10.4. The van der Waals surface area contributed by atoms with Crippen molar-refractivity contribution < 1.29 is 0 Å². The third-order valence-electron chi connectivity index (χ3n) is 4.78. The van der Waals surface area contributed by atoms with Gasteiger partial charge in [0.1, 0.15) is 11.1 Å². The highest BCUT2D eigenvalue weighted by molar-refractivity contribution is 9.10. The summed E-state index contributed by atoms with van der Waals surface area (Å²) in [5, 5.41) is 13.4. The number of halogens is 1. The minimum Gasteiger partial charge on any atom is -0.295 e. The van der Waals surface area contributed by atoms with Crippen molar-refractivity contribution in [2.45, 2.75) is 32.6 Å². The second-order valence-corrected chi connectivity index (χ2v) is 8.53. The molecule has 2 aromatic heterocycles. The predicted molar refractivity (Wildman–Crippen MR) is 112 cm³/mol. The number of nitrogens with one attached hydrogen (secondary N) is 1. The van der Waals surface area contributed by atoms with Gasteiger partial charge in [-0.3, -0.25) is 9.89 Å². The number of hydrogen-bond donors (Lipinski definition) is 1. The van der Waals surface area contributed by atoms with Gasteiger partial charge in [-0.2, -0.15) is 5.26 Å². The Bertz CT molecular complexity index is 1130. The highest BCUT2D eigenvalue weighted by Crippen LogP contribution is 2.39. The van der Waals surface area contributed by atoms with E-state index in [0.717, 1.165) is 47.1 Å². The highest BCUT2D eigenvalue weighted by atomic mass is 79.9. The first kappa shape index (κ1) is 18.0. The molecule has 7 heteroatoms. The van der Waals surface area contributed by atoms with Crippen LogP contribution in [-0.2, 0) is 12.8 Å². The molecule has 0 bridgehead atoms. The van der Waals surface area contributed by atoms with E-state index in [9.17, 15) is 10.1 Å². The second-order valence-electron chi connectivity index (χ2n) is 6.53. The van der Waals surface area contributed by atoms with Crippen LogP contribution in [0.1, 0.15) is 40.1 Å². The van der Waals surface area contributed by atoms with Gasteiger partial charge >= 0.3 is 0 Å². The zero-order valence-electron chi connectivity index (χ0n) is 14.8. The predicted octanol–water partition coefficient (Wildman–Crippen LogP) is 4.80. The number of H-pyrrole nitrogens is 1. The van der Waals surface area contributed by atoms with E-state index < -0.39 is 0 Å². The number of fused-ring (bicyclic) bond motifs is 1. The van der Waals surface area contributed by atoms with Crippen LogP contribution in [-0.4, -0.2) is 16.0 Å². The molecule has 1 aliphatic rings. The van der Waals surface area contributed by atoms with Crippen LogP contribution in [0.4, 0.5) is 5.00 Å². The van der Waals surface area contributed by atoms with Gasteiger partial charge in [-0.15, -0.1) is 11.3 Å². The number of aromatic amines is 1. The number of aryl methyl sites for hydroxylation is 2. The molecule has 0 aliphatic heterocycles. The Morgan fingerprint density at radius 1 is 1.30 bits per heavy atom. The molecule has 27 heavy (non-hydrogen) atoms. The molecule has 0 amide bonds. The average Bonchev–Trinajstić information content (AvgIpc) is 3.17. The van der Waals surface area contributed by atoms with Crippen LogP contribution in [0.25, 0.3) is 5.69 Å². The fourth-order valence-corrected chi connectivity index (χ4v) is 4.81. The summed E-state index contributed by atoms with van der Waals surface area (Å²) < 4.78 is 2.46. The van der Waals surface area contributed by atoms with Gasteiger partial charge in [0.25, 0.3) is 5.56 Å². The summed E-state index contributed by atoms with van der Waals surface area (Å²) in [6, 6.07) is 9.82. The summed E-state index contributed by atoms with van der Waals surface area (Å²) in [4.78, 5) is 18.6. The Labute approximate surface area is 169 Å². The zero-order chi connectivity index (χ0) is 19.0. The van der Waals surface area contributed by atoms with E-state index in [2.05, 4.69) is 32.1 Å². The first-order chi connectivity index (χ1) is 13.1. The highest BCUT2D eigenvalue weighted by Gasteiger charge is 2.20. The normalized spacial score (nSPS) is 13.7. The van der Waals surface area contributed by atoms with Gasteiger partial charge < -0.3 is 0 Å². The van der Waals surface area contributed by atoms with E-state index >= 15 is 0 Å². The maximum Gasteiger partial charge on any atom is 0.280 e. The summed E-state index contributed by atoms with van der Waals surface area (Å²) in [6.07, 6.45) is 5.84. The number of hydrogen-bond acceptors (Lipinski definition) is 4. The van der Waals surface area contributed by atoms with Crippen molar-refractivity contribution in [1.29, 1.82) is 5.26 Å². The zero-order valence-corrected chi connectivity index (χ0v) is 17.2. The number of thiophene rings is 1. The molecule has 0 spiro atoms. The lowest BCUT2D eigenvalue weighted by molar-refractivity contribution is 0.696. The van der Waals surface area contributed by atoms with Crippen LogP contribution in [0, 0.1) is 18.3 Å². The van der Waals surface area contributed by atoms with Gasteiger partial charge in [0, 0.05) is 21.3 Å². The van der Waals surface area contributed by atoms with Crippen LogP contribution in [0.15, 0.2) is 38.5 Å². The van der Waals surface area contributed by atoms with Crippen molar-refractivity contribution in [2.24, 2.45) is 4.99 Å². The molecular formula is C20H17BrN4OS. The third-order valence-corrected chi connectivity index (χ3v) is 6.51. The molecule has 0 unspecified atom stereocenters. The van der Waals surface area contributed by atoms with Crippen molar-refractivity contribution in [2.75, 3.05) is 0 Å². The van der Waals surface area contributed by atoms with E-state index in [4.69, 9.17) is 0 Å². The largest absolute Gasteiger partial charge is 0.295 e. The van der Waals surface area contributed by atoms with Crippen molar-refractivity contribution in [3.8, 4) is 11.8 Å². The van der Waals surface area contributed by atoms with Gasteiger partial charge in [-0.1, -0.05) is 15.9 Å². The van der Waals surface area contributed by atoms with Gasteiger partial charge in [-0.25, -0.2) is 9.67 Å². The number of rotatable bonds is 3. The van der Waals surface area contributed by atoms with E-state index in [-0.39, 0.29) is 5.56 Å². The summed E-state index contributed by atoms with van der Waals surface area (Å²) in [6.45, 7) is 1.85. The van der Waals surface area contributed by atoms with Crippen molar-refractivity contribution in [3.05, 3.63) is 66.4 Å². The smallest absolute Gasteiger partial charge is 0.280 e. The van der Waals surface area contributed by atoms with E-state index in [1.54, 1.807) is 17.6 Å². The standard InChI is InChI=1S/C20H17BrN4OS/c1-12-17(20(26)25(24-12)14-8-6-13(21)7-9-14)11-23-19-16(10-22)15-4-2-3-5-18(15)27-19/h6-9,11,24H,2-5H2,1H3. The number of aromatic nitrogens is 2. The van der Waals surface area contributed by atoms with Crippen molar-refractivity contribution >= 4 is 38.5 Å². The molecule has 136 valence electrons. The summed E-state index contributed by atoms with van der Waals surface area (Å²) in [5.74, 6) is 0. The Morgan fingerprint density at radius 3 is 2.78 bits per heavy atom. The number of nitriles is 1. The maximum atomic E-state index is 12.8. The lowest BCUT2D eigenvalue weighted by Crippen LogP contribution is -2.17. The summed E-state index contributed by atoms with van der Waals surface area (Å²) in [5.41, 5.74) is 3.68. The fourth-order valence-electron chi connectivity index (χ4n) is 3.36. The molecule has 0 saturated heterocycles. The van der Waals surface area contributed by atoms with Crippen LogP contribution in [0.2, 0.25) is 0 Å². The Morgan fingerprint density at radius 2 is 2.04 bits per heavy atom. The molecule has 1 aliphatic carbocycles. The molecular weight excluding hydrogens is 424 g/mol. The van der Waals surface area contributed by atoms with Gasteiger partial charge in [0.2, 0.25) is 0 Å². The van der Waals surface area contributed by atoms with Gasteiger partial charge in [0.05, 0.1) is 16.8 Å². The first-order valence-electron chi connectivity index (χ1n) is 8.74. The number of nitrogens with zero attached hydrogens (tertiary/aromatic N) is 3. The monoisotopic (exact) mass is 440 g/mol. The lowest BCUT2D eigenvalue weighted by atomic mass is 9.96. The number of benzene rings is 1. The van der Waals surface area contributed by atoms with Crippen LogP contribution in [0.5, 0.6) is 0 Å². The minimum absolute atomic E-state index is 0.154. The lowest BCUT2D eigenvalue weighted by Gasteiger charge is -2.09. The summed E-state index contributed by atoms with van der Waals surface area (Å²) >= 11 is 4.98. The molecule has 0 fully saturated rings. The van der Waals surface area contributed by atoms with Crippen molar-refractivity contribution in [3.63, 3.8) is 0 Å². The molecule has 1 aromatic carbocycles. The number of aliphatic imine (C=N–C) groups is 1. The SMILES string of the molecule is Cc1[nH]n(-c2ccc(Br)cc2)c(=O)c1C=Nc1sc2c(c1C#N)CCCC2. The maximum absolute atomic E-state index is 12.8. The van der Waals surface area contributed by atoms with Crippen LogP contribution in [0.3, 0.4) is 0 Å². The summed E-state index contributed by atoms with van der Waals surface area (Å²) in [7, 11) is 0.